The minimum Gasteiger partial charge on any atom is -0.239 e. The molecule has 0 saturated carbocycles. The Morgan fingerprint density at radius 1 is 1.41 bits per heavy atom. The number of pyridine rings is 1. The average Bonchev–Trinajstić information content (AvgIpc) is 2.15. The molecule has 0 aliphatic carbocycles. The summed E-state index contributed by atoms with van der Waals surface area (Å²) < 4.78 is 62.2. The molecule has 0 radical (unpaired) electrons. The van der Waals surface area contributed by atoms with Crippen molar-refractivity contribution in [2.45, 2.75) is 19.0 Å². The minimum absolute atomic E-state index is 0.229. The van der Waals surface area contributed by atoms with Gasteiger partial charge < -0.3 is 0 Å². The van der Waals surface area contributed by atoms with Crippen molar-refractivity contribution in [1.29, 1.82) is 5.26 Å². The van der Waals surface area contributed by atoms with Crippen LogP contribution in [0.15, 0.2) is 6.07 Å². The van der Waals surface area contributed by atoms with E-state index >= 15 is 0 Å². The lowest BCUT2D eigenvalue weighted by Crippen LogP contribution is -2.12. The number of hydrogen-bond donors (Lipinski definition) is 0. The fourth-order valence-electron chi connectivity index (χ4n) is 1.15. The molecule has 1 heterocycles. The van der Waals surface area contributed by atoms with Crippen molar-refractivity contribution in [3.63, 3.8) is 0 Å². The maximum absolute atomic E-state index is 12.5. The Bertz CT molecular complexity index is 464. The van der Waals surface area contributed by atoms with Crippen molar-refractivity contribution in [3.8, 4) is 6.07 Å². The van der Waals surface area contributed by atoms with Gasteiger partial charge in [-0.1, -0.05) is 11.6 Å². The summed E-state index contributed by atoms with van der Waals surface area (Å²) in [7, 11) is 0. The fourth-order valence-corrected chi connectivity index (χ4v) is 1.39. The van der Waals surface area contributed by atoms with Crippen LogP contribution in [0.4, 0.5) is 22.0 Å². The van der Waals surface area contributed by atoms with Crippen LogP contribution in [0.5, 0.6) is 0 Å². The highest BCUT2D eigenvalue weighted by Gasteiger charge is 2.36. The Morgan fingerprint density at radius 2 is 2.00 bits per heavy atom. The molecule has 0 aliphatic heterocycles. The Hall–Kier alpha value is -1.42. The van der Waals surface area contributed by atoms with E-state index in [1.807, 2.05) is 0 Å². The molecule has 1 aromatic heterocycles. The van der Waals surface area contributed by atoms with Crippen LogP contribution in [0.2, 0.25) is 5.15 Å². The third kappa shape index (κ3) is 3.03. The minimum atomic E-state index is -4.85. The van der Waals surface area contributed by atoms with Gasteiger partial charge in [0.25, 0.3) is 6.43 Å². The van der Waals surface area contributed by atoms with Gasteiger partial charge in [-0.3, -0.25) is 0 Å². The van der Waals surface area contributed by atoms with Crippen molar-refractivity contribution in [2.75, 3.05) is 0 Å². The Kier molecular flexibility index (Phi) is 3.88. The first-order valence-electron chi connectivity index (χ1n) is 4.19. The lowest BCUT2D eigenvalue weighted by atomic mass is 10.1. The van der Waals surface area contributed by atoms with E-state index in [-0.39, 0.29) is 6.07 Å². The third-order valence-electron chi connectivity index (χ3n) is 1.87. The summed E-state index contributed by atoms with van der Waals surface area (Å²) in [5.41, 5.74) is -3.02. The van der Waals surface area contributed by atoms with Crippen molar-refractivity contribution in [3.05, 3.63) is 28.0 Å². The molecule has 0 fully saturated rings. The van der Waals surface area contributed by atoms with E-state index in [9.17, 15) is 22.0 Å². The fraction of sp³-hybridized carbons (Fsp3) is 0.333. The predicted octanol–water partition coefficient (Wildman–Crippen LogP) is 3.76. The quantitative estimate of drug-likeness (QED) is 0.606. The van der Waals surface area contributed by atoms with Gasteiger partial charge in [0.05, 0.1) is 29.3 Å². The maximum atomic E-state index is 12.5. The van der Waals surface area contributed by atoms with Crippen LogP contribution in [-0.2, 0) is 12.6 Å². The first kappa shape index (κ1) is 13.6. The maximum Gasteiger partial charge on any atom is 0.418 e. The molecule has 0 spiro atoms. The van der Waals surface area contributed by atoms with Gasteiger partial charge >= 0.3 is 6.18 Å². The van der Waals surface area contributed by atoms with Crippen molar-refractivity contribution < 1.29 is 22.0 Å². The molecule has 0 atom stereocenters. The van der Waals surface area contributed by atoms with E-state index in [1.165, 1.54) is 6.07 Å². The monoisotopic (exact) mass is 270 g/mol. The van der Waals surface area contributed by atoms with Gasteiger partial charge in [-0.25, -0.2) is 13.8 Å². The number of rotatable bonds is 2. The van der Waals surface area contributed by atoms with Crippen LogP contribution in [-0.4, -0.2) is 4.98 Å². The lowest BCUT2D eigenvalue weighted by molar-refractivity contribution is -0.138. The van der Waals surface area contributed by atoms with Gasteiger partial charge in [0.15, 0.2) is 0 Å². The molecular formula is C9H4ClF5N2. The molecule has 0 bridgehead atoms. The van der Waals surface area contributed by atoms with Gasteiger partial charge in [-0.05, 0) is 6.07 Å². The van der Waals surface area contributed by atoms with Gasteiger partial charge in [0, 0.05) is 0 Å². The third-order valence-corrected chi connectivity index (χ3v) is 2.17. The predicted molar refractivity (Wildman–Crippen MR) is 48.5 cm³/mol. The van der Waals surface area contributed by atoms with E-state index < -0.39 is 41.0 Å². The van der Waals surface area contributed by atoms with E-state index in [2.05, 4.69) is 4.98 Å². The zero-order valence-electron chi connectivity index (χ0n) is 8.02. The highest BCUT2D eigenvalue weighted by molar-refractivity contribution is 6.30. The Morgan fingerprint density at radius 3 is 2.41 bits per heavy atom. The Balaban J connectivity index is 3.43. The standard InChI is InChI=1S/C9H4ClF5N2/c10-7-4(8(11)12)3-5(9(13,14)15)6(17-7)1-2-16/h3,8H,1H2. The summed E-state index contributed by atoms with van der Waals surface area (Å²) in [6.45, 7) is 0. The second-order valence-corrected chi connectivity index (χ2v) is 3.35. The second-order valence-electron chi connectivity index (χ2n) is 3.00. The molecule has 1 aromatic rings. The molecule has 8 heteroatoms. The molecule has 0 unspecified atom stereocenters. The summed E-state index contributed by atoms with van der Waals surface area (Å²) >= 11 is 5.31. The molecule has 0 amide bonds. The van der Waals surface area contributed by atoms with Gasteiger partial charge in [-0.15, -0.1) is 0 Å². The van der Waals surface area contributed by atoms with Crippen molar-refractivity contribution in [1.82, 2.24) is 4.98 Å². The van der Waals surface area contributed by atoms with Gasteiger partial charge in [0.1, 0.15) is 5.15 Å². The van der Waals surface area contributed by atoms with Crippen LogP contribution < -0.4 is 0 Å². The summed E-state index contributed by atoms with van der Waals surface area (Å²) in [6, 6.07) is 1.69. The smallest absolute Gasteiger partial charge is 0.239 e. The first-order chi connectivity index (χ1) is 7.77. The molecule has 0 N–H and O–H groups in total. The molecule has 92 valence electrons. The number of nitrogens with zero attached hydrogens (tertiary/aromatic N) is 2. The zero-order valence-corrected chi connectivity index (χ0v) is 8.78. The normalized spacial score (nSPS) is 11.6. The van der Waals surface area contributed by atoms with Crippen molar-refractivity contribution >= 4 is 11.6 Å². The highest BCUT2D eigenvalue weighted by Crippen LogP contribution is 2.36. The van der Waals surface area contributed by atoms with E-state index in [1.54, 1.807) is 0 Å². The Labute approximate surface area is 97.6 Å². The van der Waals surface area contributed by atoms with Crippen LogP contribution in [0, 0.1) is 11.3 Å². The second kappa shape index (κ2) is 4.84. The van der Waals surface area contributed by atoms with Crippen LogP contribution in [0.1, 0.15) is 23.2 Å². The molecular weight excluding hydrogens is 267 g/mol. The summed E-state index contributed by atoms with van der Waals surface area (Å²) in [5.74, 6) is 0. The lowest BCUT2D eigenvalue weighted by Gasteiger charge is -2.13. The van der Waals surface area contributed by atoms with Crippen LogP contribution >= 0.6 is 11.6 Å². The summed E-state index contributed by atoms with van der Waals surface area (Å²) in [5, 5.41) is 7.61. The molecule has 17 heavy (non-hydrogen) atoms. The van der Waals surface area contributed by atoms with Gasteiger partial charge in [0.2, 0.25) is 0 Å². The van der Waals surface area contributed by atoms with Crippen LogP contribution in [0.25, 0.3) is 0 Å². The van der Waals surface area contributed by atoms with E-state index in [0.717, 1.165) is 0 Å². The zero-order chi connectivity index (χ0) is 13.2. The number of halogens is 6. The van der Waals surface area contributed by atoms with Crippen molar-refractivity contribution in [2.24, 2.45) is 0 Å². The summed E-state index contributed by atoms with van der Waals surface area (Å²) in [4.78, 5) is 3.19. The largest absolute Gasteiger partial charge is 0.418 e. The molecule has 0 saturated heterocycles. The SMILES string of the molecule is N#CCc1nc(Cl)c(C(F)F)cc1C(F)(F)F. The number of hydrogen-bond acceptors (Lipinski definition) is 2. The number of nitriles is 1. The van der Waals surface area contributed by atoms with E-state index in [0.29, 0.717) is 0 Å². The van der Waals surface area contributed by atoms with Crippen LogP contribution in [0.3, 0.4) is 0 Å². The summed E-state index contributed by atoms with van der Waals surface area (Å²) in [6.07, 6.45) is -8.67. The topological polar surface area (TPSA) is 36.7 Å². The van der Waals surface area contributed by atoms with Gasteiger partial charge in [-0.2, -0.15) is 18.4 Å². The molecule has 0 aliphatic rings. The first-order valence-corrected chi connectivity index (χ1v) is 4.56. The molecule has 0 aromatic carbocycles. The number of alkyl halides is 5. The molecule has 1 rings (SSSR count). The van der Waals surface area contributed by atoms with E-state index in [4.69, 9.17) is 16.9 Å². The highest BCUT2D eigenvalue weighted by atomic mass is 35.5. The number of aromatic nitrogens is 1. The molecule has 2 nitrogen and oxygen atoms in total. The average molecular weight is 271 g/mol.